The lowest BCUT2D eigenvalue weighted by molar-refractivity contribution is 0.225. The van der Waals surface area contributed by atoms with Gasteiger partial charge in [-0.3, -0.25) is 4.90 Å². The van der Waals surface area contributed by atoms with Gasteiger partial charge in [-0.1, -0.05) is 54.6 Å². The van der Waals surface area contributed by atoms with Gasteiger partial charge in [0, 0.05) is 6.54 Å². The van der Waals surface area contributed by atoms with Crippen molar-refractivity contribution in [1.82, 2.24) is 4.90 Å². The van der Waals surface area contributed by atoms with Crippen LogP contribution in [0.3, 0.4) is 0 Å². The Labute approximate surface area is 121 Å². The summed E-state index contributed by atoms with van der Waals surface area (Å²) in [6.07, 6.45) is 8.33. The van der Waals surface area contributed by atoms with E-state index in [-0.39, 0.29) is 6.04 Å². The van der Waals surface area contributed by atoms with E-state index < -0.39 is 0 Å². The van der Waals surface area contributed by atoms with Crippen LogP contribution < -0.4 is 0 Å². The van der Waals surface area contributed by atoms with E-state index in [1.165, 1.54) is 5.56 Å². The lowest BCUT2D eigenvalue weighted by atomic mass is 9.96. The molecule has 20 heavy (non-hydrogen) atoms. The van der Waals surface area contributed by atoms with E-state index in [4.69, 9.17) is 0 Å². The molecule has 3 heteroatoms. The Bertz CT molecular complexity index is 453. The summed E-state index contributed by atoms with van der Waals surface area (Å²) in [7, 11) is 0. The molecule has 1 aliphatic rings. The first-order valence-electron chi connectivity index (χ1n) is 7.49. The molecule has 3 nitrogen and oxygen atoms in total. The first kappa shape index (κ1) is 14.8. The van der Waals surface area contributed by atoms with Crippen LogP contribution in [-0.2, 0) is 6.54 Å². The van der Waals surface area contributed by atoms with E-state index in [9.17, 15) is 5.21 Å². The number of nitrogens with zero attached hydrogens (tertiary/aromatic N) is 2. The highest BCUT2D eigenvalue weighted by molar-refractivity contribution is 5.89. The average Bonchev–Trinajstić information content (AvgIpc) is 2.47. The first-order valence-corrected chi connectivity index (χ1v) is 7.49. The van der Waals surface area contributed by atoms with Crippen LogP contribution in [0.15, 0.2) is 47.6 Å². The fourth-order valence-corrected chi connectivity index (χ4v) is 2.82. The van der Waals surface area contributed by atoms with Gasteiger partial charge in [-0.15, -0.1) is 0 Å². The number of allylic oxidation sites excluding steroid dienone is 2. The van der Waals surface area contributed by atoms with Crippen molar-refractivity contribution in [3.05, 3.63) is 48.0 Å². The molecule has 0 heterocycles. The summed E-state index contributed by atoms with van der Waals surface area (Å²) >= 11 is 0. The zero-order valence-electron chi connectivity index (χ0n) is 12.2. The van der Waals surface area contributed by atoms with E-state index in [0.29, 0.717) is 0 Å². The Hall–Kier alpha value is -1.61. The molecule has 0 radical (unpaired) electrons. The van der Waals surface area contributed by atoms with Crippen LogP contribution in [0.5, 0.6) is 0 Å². The van der Waals surface area contributed by atoms with Crippen LogP contribution >= 0.6 is 0 Å². The molecule has 0 spiro atoms. The molecule has 108 valence electrons. The largest absolute Gasteiger partial charge is 0.411 e. The van der Waals surface area contributed by atoms with Gasteiger partial charge in [0.25, 0.3) is 0 Å². The van der Waals surface area contributed by atoms with E-state index in [2.05, 4.69) is 53.4 Å². The maximum Gasteiger partial charge on any atom is 0.0745 e. The van der Waals surface area contributed by atoms with Gasteiger partial charge in [-0.2, -0.15) is 0 Å². The van der Waals surface area contributed by atoms with Crippen molar-refractivity contribution in [3.63, 3.8) is 0 Å². The average molecular weight is 272 g/mol. The number of benzene rings is 1. The third-order valence-corrected chi connectivity index (χ3v) is 3.93. The van der Waals surface area contributed by atoms with E-state index >= 15 is 0 Å². The molecule has 1 aromatic rings. The Balaban J connectivity index is 2.13. The normalized spacial score (nSPS) is 23.5. The predicted octanol–water partition coefficient (Wildman–Crippen LogP) is 3.84. The number of hydrogen-bond donors (Lipinski definition) is 1. The lowest BCUT2D eigenvalue weighted by Gasteiger charge is -2.31. The van der Waals surface area contributed by atoms with Crippen molar-refractivity contribution in [2.24, 2.45) is 5.16 Å². The van der Waals surface area contributed by atoms with Crippen LogP contribution in [-0.4, -0.2) is 28.4 Å². The van der Waals surface area contributed by atoms with Gasteiger partial charge < -0.3 is 5.21 Å². The molecular formula is C17H24N2O. The maximum absolute atomic E-state index is 9.33. The van der Waals surface area contributed by atoms with Crippen LogP contribution in [0.25, 0.3) is 0 Å². The van der Waals surface area contributed by atoms with Crippen molar-refractivity contribution in [2.75, 3.05) is 6.54 Å². The van der Waals surface area contributed by atoms with Gasteiger partial charge in [0.2, 0.25) is 0 Å². The number of oxime groups is 1. The molecule has 1 unspecified atom stereocenters. The van der Waals surface area contributed by atoms with Crippen molar-refractivity contribution in [3.8, 4) is 0 Å². The molecule has 0 saturated heterocycles. The third kappa shape index (κ3) is 3.94. The molecule has 0 aromatic heterocycles. The highest BCUT2D eigenvalue weighted by atomic mass is 16.4. The second kappa shape index (κ2) is 7.85. The topological polar surface area (TPSA) is 35.8 Å². The van der Waals surface area contributed by atoms with E-state index in [1.54, 1.807) is 0 Å². The molecule has 0 bridgehead atoms. The number of hydrogen-bond acceptors (Lipinski definition) is 3. The minimum atomic E-state index is 0.246. The molecule has 0 saturated carbocycles. The molecule has 0 amide bonds. The second-order valence-corrected chi connectivity index (χ2v) is 5.24. The van der Waals surface area contributed by atoms with Crippen molar-refractivity contribution in [2.45, 2.75) is 45.2 Å². The summed E-state index contributed by atoms with van der Waals surface area (Å²) < 4.78 is 0. The third-order valence-electron chi connectivity index (χ3n) is 3.93. The first-order chi connectivity index (χ1) is 9.85. The monoisotopic (exact) mass is 272 g/mol. The Morgan fingerprint density at radius 1 is 1.20 bits per heavy atom. The highest BCUT2D eigenvalue weighted by Gasteiger charge is 2.23. The SMILES string of the molecule is CCN(Cc1ccccc1)C1CC/C=C\CC/C1=N\O. The Morgan fingerprint density at radius 2 is 1.95 bits per heavy atom. The minimum absolute atomic E-state index is 0.246. The van der Waals surface area contributed by atoms with Crippen molar-refractivity contribution < 1.29 is 5.21 Å². The summed E-state index contributed by atoms with van der Waals surface area (Å²) in [5.41, 5.74) is 2.23. The Kier molecular flexibility index (Phi) is 5.81. The van der Waals surface area contributed by atoms with Gasteiger partial charge >= 0.3 is 0 Å². The van der Waals surface area contributed by atoms with Gasteiger partial charge in [0.15, 0.2) is 0 Å². The quantitative estimate of drug-likeness (QED) is 0.513. The number of rotatable bonds is 4. The van der Waals surface area contributed by atoms with Crippen LogP contribution in [0.1, 0.15) is 38.2 Å². The lowest BCUT2D eigenvalue weighted by Crippen LogP contribution is -2.41. The summed E-state index contributed by atoms with van der Waals surface area (Å²) in [6.45, 7) is 4.04. The molecule has 0 aliphatic heterocycles. The van der Waals surface area contributed by atoms with Gasteiger partial charge in [-0.05, 0) is 37.8 Å². The van der Waals surface area contributed by atoms with Crippen LogP contribution in [0.4, 0.5) is 0 Å². The standard InChI is InChI=1S/C17H24N2O/c1-2-19(14-15-10-6-5-7-11-15)17-13-9-4-3-8-12-16(17)18-20/h3-7,10-11,17,20H,2,8-9,12-14H2,1H3/b4-3-,18-16+. The van der Waals surface area contributed by atoms with Gasteiger partial charge in [-0.25, -0.2) is 0 Å². The Morgan fingerprint density at radius 3 is 2.65 bits per heavy atom. The summed E-state index contributed by atoms with van der Waals surface area (Å²) in [4.78, 5) is 2.41. The smallest absolute Gasteiger partial charge is 0.0745 e. The highest BCUT2D eigenvalue weighted by Crippen LogP contribution is 2.18. The fourth-order valence-electron chi connectivity index (χ4n) is 2.82. The summed E-state index contributed by atoms with van der Waals surface area (Å²) in [5.74, 6) is 0. The zero-order valence-corrected chi connectivity index (χ0v) is 12.2. The maximum atomic E-state index is 9.33. The second-order valence-electron chi connectivity index (χ2n) is 5.24. The fraction of sp³-hybridized carbons (Fsp3) is 0.471. The van der Waals surface area contributed by atoms with Gasteiger partial charge in [0.1, 0.15) is 0 Å². The molecule has 0 fully saturated rings. The molecule has 2 rings (SSSR count). The molecule has 1 aliphatic carbocycles. The zero-order chi connectivity index (χ0) is 14.2. The van der Waals surface area contributed by atoms with E-state index in [0.717, 1.165) is 44.5 Å². The van der Waals surface area contributed by atoms with Crippen molar-refractivity contribution >= 4 is 5.71 Å². The molecule has 1 N–H and O–H groups in total. The van der Waals surface area contributed by atoms with Crippen LogP contribution in [0, 0.1) is 0 Å². The molecule has 1 atom stereocenters. The van der Waals surface area contributed by atoms with E-state index in [1.807, 2.05) is 6.07 Å². The summed E-state index contributed by atoms with van der Waals surface area (Å²) in [6, 6.07) is 10.7. The van der Waals surface area contributed by atoms with Crippen molar-refractivity contribution in [1.29, 1.82) is 0 Å². The summed E-state index contributed by atoms with van der Waals surface area (Å²) in [5, 5.41) is 12.9. The molecular weight excluding hydrogens is 248 g/mol. The molecule has 1 aromatic carbocycles. The van der Waals surface area contributed by atoms with Crippen LogP contribution in [0.2, 0.25) is 0 Å². The van der Waals surface area contributed by atoms with Gasteiger partial charge in [0.05, 0.1) is 11.8 Å². The predicted molar refractivity (Wildman–Crippen MR) is 83.1 cm³/mol. The minimum Gasteiger partial charge on any atom is -0.411 e.